The summed E-state index contributed by atoms with van der Waals surface area (Å²) in [6, 6.07) is 14.3. The molecule has 136 valence electrons. The molecule has 0 bridgehead atoms. The number of aromatic nitrogens is 1. The second-order valence-electron chi connectivity index (χ2n) is 6.02. The molecule has 0 atom stereocenters. The van der Waals surface area contributed by atoms with E-state index in [-0.39, 0.29) is 6.54 Å². The van der Waals surface area contributed by atoms with Crippen LogP contribution in [0.5, 0.6) is 5.75 Å². The highest BCUT2D eigenvalue weighted by Crippen LogP contribution is 2.39. The summed E-state index contributed by atoms with van der Waals surface area (Å²) in [7, 11) is -3.65. The number of pyridine rings is 1. The number of aryl methyl sites for hydroxylation is 1. The number of hydrogen-bond acceptors (Lipinski definition) is 6. The van der Waals surface area contributed by atoms with Gasteiger partial charge in [0.2, 0.25) is 0 Å². The Morgan fingerprint density at radius 1 is 1.19 bits per heavy atom. The fourth-order valence-electron chi connectivity index (χ4n) is 2.91. The molecule has 0 amide bonds. The monoisotopic (exact) mass is 397 g/mol. The van der Waals surface area contributed by atoms with E-state index in [0.717, 1.165) is 16.0 Å². The van der Waals surface area contributed by atoms with Gasteiger partial charge in [0.15, 0.2) is 0 Å². The summed E-state index contributed by atoms with van der Waals surface area (Å²) in [5.41, 5.74) is 2.44. The quantitative estimate of drug-likeness (QED) is 0.675. The number of sulfonamides is 1. The third-order valence-electron chi connectivity index (χ3n) is 4.25. The van der Waals surface area contributed by atoms with Crippen molar-refractivity contribution >= 4 is 27.0 Å². The Morgan fingerprint density at radius 2 is 2.00 bits per heavy atom. The number of nitriles is 1. The summed E-state index contributed by atoms with van der Waals surface area (Å²) < 4.78 is 33.6. The second kappa shape index (κ2) is 6.68. The van der Waals surface area contributed by atoms with Crippen LogP contribution in [0.1, 0.15) is 10.6 Å². The first-order valence-corrected chi connectivity index (χ1v) is 10.5. The number of fused-ring (bicyclic) bond motifs is 1. The maximum Gasteiger partial charge on any atom is 0.274 e. The van der Waals surface area contributed by atoms with Gasteiger partial charge in [0, 0.05) is 16.6 Å². The molecular weight excluding hydrogens is 382 g/mol. The zero-order chi connectivity index (χ0) is 19.0. The summed E-state index contributed by atoms with van der Waals surface area (Å²) in [4.78, 5) is 5.03. The number of hydrogen-bond donors (Lipinski definition) is 0. The van der Waals surface area contributed by atoms with Crippen molar-refractivity contribution in [2.75, 3.05) is 17.5 Å². The average Bonchev–Trinajstić information content (AvgIpc) is 3.14. The van der Waals surface area contributed by atoms with Crippen LogP contribution >= 0.6 is 11.3 Å². The van der Waals surface area contributed by atoms with E-state index in [4.69, 9.17) is 10.00 Å². The van der Waals surface area contributed by atoms with Crippen LogP contribution in [0.4, 0.5) is 5.69 Å². The van der Waals surface area contributed by atoms with Gasteiger partial charge in [-0.3, -0.25) is 4.31 Å². The Hall–Kier alpha value is -2.89. The lowest BCUT2D eigenvalue weighted by atomic mass is 10.1. The summed E-state index contributed by atoms with van der Waals surface area (Å²) in [6.07, 6.45) is 1.60. The summed E-state index contributed by atoms with van der Waals surface area (Å²) in [5, 5.41) is 8.89. The highest BCUT2D eigenvalue weighted by Gasteiger charge is 2.31. The van der Waals surface area contributed by atoms with Crippen LogP contribution in [-0.4, -0.2) is 26.6 Å². The molecule has 0 saturated heterocycles. The molecule has 3 aromatic rings. The third kappa shape index (κ3) is 3.16. The van der Waals surface area contributed by atoms with Gasteiger partial charge in [-0.05, 0) is 48.9 Å². The molecular formula is C19H15N3O3S2. The molecule has 0 spiro atoms. The predicted octanol–water partition coefficient (Wildman–Crippen LogP) is 3.58. The molecule has 1 aromatic carbocycles. The van der Waals surface area contributed by atoms with Crippen molar-refractivity contribution in [2.45, 2.75) is 11.1 Å². The highest BCUT2D eigenvalue weighted by molar-refractivity contribution is 7.94. The molecule has 0 N–H and O–H groups in total. The van der Waals surface area contributed by atoms with E-state index in [1.54, 1.807) is 42.6 Å². The molecule has 0 radical (unpaired) electrons. The summed E-state index contributed by atoms with van der Waals surface area (Å²) in [5.74, 6) is 0.531. The Labute approximate surface area is 161 Å². The van der Waals surface area contributed by atoms with Gasteiger partial charge in [-0.15, -0.1) is 11.3 Å². The zero-order valence-corrected chi connectivity index (χ0v) is 16.0. The van der Waals surface area contributed by atoms with E-state index in [1.807, 2.05) is 19.1 Å². The van der Waals surface area contributed by atoms with Gasteiger partial charge in [0.1, 0.15) is 28.3 Å². The van der Waals surface area contributed by atoms with Gasteiger partial charge in [0.05, 0.1) is 12.2 Å². The first kappa shape index (κ1) is 17.5. The number of ether oxygens (including phenoxy) is 1. The first-order chi connectivity index (χ1) is 13.0. The third-order valence-corrected chi connectivity index (χ3v) is 7.53. The molecule has 27 heavy (non-hydrogen) atoms. The van der Waals surface area contributed by atoms with E-state index in [2.05, 4.69) is 4.98 Å². The molecule has 6 nitrogen and oxygen atoms in total. The van der Waals surface area contributed by atoms with E-state index in [1.165, 1.54) is 15.6 Å². The van der Waals surface area contributed by atoms with Gasteiger partial charge in [0.25, 0.3) is 10.0 Å². The van der Waals surface area contributed by atoms with Crippen molar-refractivity contribution in [1.82, 2.24) is 4.98 Å². The van der Waals surface area contributed by atoms with Crippen LogP contribution in [0.25, 0.3) is 11.1 Å². The molecule has 4 rings (SSSR count). The second-order valence-corrected chi connectivity index (χ2v) is 9.39. The van der Waals surface area contributed by atoms with Crippen LogP contribution in [0.15, 0.2) is 52.9 Å². The minimum absolute atomic E-state index is 0.251. The molecule has 1 aliphatic heterocycles. The SMILES string of the molecule is Cc1ccc(S(=O)(=O)N2CCOc3ccc(-c4ccc(C#N)nc4)cc32)s1. The van der Waals surface area contributed by atoms with Crippen molar-refractivity contribution in [1.29, 1.82) is 5.26 Å². The fraction of sp³-hybridized carbons (Fsp3) is 0.158. The lowest BCUT2D eigenvalue weighted by Gasteiger charge is -2.30. The van der Waals surface area contributed by atoms with Gasteiger partial charge in [-0.2, -0.15) is 5.26 Å². The number of rotatable bonds is 3. The van der Waals surface area contributed by atoms with Crippen LogP contribution in [0.3, 0.4) is 0 Å². The van der Waals surface area contributed by atoms with E-state index >= 15 is 0 Å². The Bertz CT molecular complexity index is 1150. The van der Waals surface area contributed by atoms with E-state index in [9.17, 15) is 8.42 Å². The summed E-state index contributed by atoms with van der Waals surface area (Å²) >= 11 is 1.26. The molecule has 0 fully saturated rings. The molecule has 1 aliphatic rings. The average molecular weight is 397 g/mol. The molecule has 0 unspecified atom stereocenters. The van der Waals surface area contributed by atoms with E-state index < -0.39 is 10.0 Å². The van der Waals surface area contributed by atoms with Gasteiger partial charge in [-0.25, -0.2) is 13.4 Å². The Kier molecular flexibility index (Phi) is 4.34. The zero-order valence-electron chi connectivity index (χ0n) is 14.4. The van der Waals surface area contributed by atoms with Gasteiger partial charge in [-0.1, -0.05) is 6.07 Å². The van der Waals surface area contributed by atoms with E-state index in [0.29, 0.717) is 27.9 Å². The lowest BCUT2D eigenvalue weighted by molar-refractivity contribution is 0.316. The minimum atomic E-state index is -3.65. The van der Waals surface area contributed by atoms with Crippen LogP contribution in [0, 0.1) is 18.3 Å². The lowest BCUT2D eigenvalue weighted by Crippen LogP contribution is -2.37. The van der Waals surface area contributed by atoms with Crippen LogP contribution in [-0.2, 0) is 10.0 Å². The standard InChI is InChI=1S/C19H15N3O3S2/c1-13-2-7-19(26-13)27(23,24)22-8-9-25-18-6-4-14(10-17(18)22)15-3-5-16(11-20)21-12-15/h2-7,10,12H,8-9H2,1H3. The van der Waals surface area contributed by atoms with Crippen LogP contribution < -0.4 is 9.04 Å². The number of thiophene rings is 1. The van der Waals surface area contributed by atoms with Crippen molar-refractivity contribution < 1.29 is 13.2 Å². The number of nitrogens with zero attached hydrogens (tertiary/aromatic N) is 3. The fourth-order valence-corrected chi connectivity index (χ4v) is 5.76. The molecule has 2 aromatic heterocycles. The summed E-state index contributed by atoms with van der Waals surface area (Å²) in [6.45, 7) is 2.43. The largest absolute Gasteiger partial charge is 0.489 e. The molecule has 0 aliphatic carbocycles. The van der Waals surface area contributed by atoms with Crippen LogP contribution in [0.2, 0.25) is 0 Å². The predicted molar refractivity (Wildman–Crippen MR) is 103 cm³/mol. The number of benzene rings is 1. The Morgan fingerprint density at radius 3 is 2.67 bits per heavy atom. The smallest absolute Gasteiger partial charge is 0.274 e. The normalized spacial score (nSPS) is 13.6. The van der Waals surface area contributed by atoms with Gasteiger partial charge >= 0.3 is 0 Å². The Balaban J connectivity index is 1.78. The number of anilines is 1. The molecule has 0 saturated carbocycles. The van der Waals surface area contributed by atoms with Crippen molar-refractivity contribution in [3.63, 3.8) is 0 Å². The molecule has 8 heteroatoms. The molecule has 3 heterocycles. The maximum absolute atomic E-state index is 13.1. The topological polar surface area (TPSA) is 83.3 Å². The minimum Gasteiger partial charge on any atom is -0.489 e. The van der Waals surface area contributed by atoms with Crippen molar-refractivity contribution in [3.8, 4) is 22.9 Å². The maximum atomic E-state index is 13.1. The van der Waals surface area contributed by atoms with Crippen molar-refractivity contribution in [2.24, 2.45) is 0 Å². The van der Waals surface area contributed by atoms with Crippen molar-refractivity contribution in [3.05, 3.63) is 59.2 Å². The highest BCUT2D eigenvalue weighted by atomic mass is 32.2. The first-order valence-electron chi connectivity index (χ1n) is 8.21. The van der Waals surface area contributed by atoms with Gasteiger partial charge < -0.3 is 4.74 Å².